The number of hydrogen-bond acceptors (Lipinski definition) is 2. The summed E-state index contributed by atoms with van der Waals surface area (Å²) in [6.45, 7) is 18.8. The molecule has 4 nitrogen and oxygen atoms in total. The van der Waals surface area contributed by atoms with Gasteiger partial charge in [0.25, 0.3) is 0 Å². The number of aromatic nitrogens is 4. The smallest absolute Gasteiger partial charge is 0.0791 e. The van der Waals surface area contributed by atoms with Gasteiger partial charge in [-0.3, -0.25) is 0 Å². The van der Waals surface area contributed by atoms with Crippen LogP contribution in [0.15, 0.2) is 121 Å². The lowest BCUT2D eigenvalue weighted by atomic mass is 10.0. The van der Waals surface area contributed by atoms with Gasteiger partial charge in [0.15, 0.2) is 0 Å². The monoisotopic (exact) mass is 842 g/mol. The highest BCUT2D eigenvalue weighted by Gasteiger charge is 2.20. The summed E-state index contributed by atoms with van der Waals surface area (Å²) in [5, 5.41) is 5.67. The van der Waals surface area contributed by atoms with E-state index in [-0.39, 0.29) is 0 Å². The van der Waals surface area contributed by atoms with Crippen molar-refractivity contribution in [2.45, 2.75) is 52.4 Å². The molecule has 8 heteroatoms. The molecule has 5 heterocycles. The highest BCUT2D eigenvalue weighted by atomic mass is 28.3. The number of aromatic amines is 2. The van der Waals surface area contributed by atoms with Crippen molar-refractivity contribution >= 4 is 102 Å². The SMILES string of the molecule is C[Si](C)c1ccc(-c2c3nc(c(-c4ccc([Si](C)C)cc4)c4ccc([nH]4)c(-c4ccc([Si](C)C)cc4)c4nc(c(-c5ccc([Si](C)C)cc5)c5ccc2[nH]5)C=C4)C=C3)cc1. The van der Waals surface area contributed by atoms with Crippen LogP contribution < -0.4 is 20.7 Å². The molecule has 4 radical (unpaired) electrons. The average Bonchev–Trinajstić information content (AvgIpc) is 4.10. The lowest BCUT2D eigenvalue weighted by molar-refractivity contribution is 1.31. The van der Waals surface area contributed by atoms with E-state index in [1.807, 2.05) is 0 Å². The molecule has 2 N–H and O–H groups in total. The van der Waals surface area contributed by atoms with Crippen molar-refractivity contribution in [3.05, 3.63) is 144 Å². The number of fused-ring (bicyclic) bond motifs is 8. The quantitative estimate of drug-likeness (QED) is 0.150. The molecule has 7 aromatic rings. The third kappa shape index (κ3) is 7.65. The normalized spacial score (nSPS) is 12.5. The van der Waals surface area contributed by atoms with Gasteiger partial charge in [-0.25, -0.2) is 9.97 Å². The average molecular weight is 843 g/mol. The first-order chi connectivity index (χ1) is 29.0. The van der Waals surface area contributed by atoms with Gasteiger partial charge in [-0.15, -0.1) is 0 Å². The number of H-pyrrole nitrogens is 2. The maximum absolute atomic E-state index is 5.53. The molecule has 9 rings (SSSR count). The summed E-state index contributed by atoms with van der Waals surface area (Å²) in [5.74, 6) is 0. The van der Waals surface area contributed by atoms with Gasteiger partial charge in [-0.2, -0.15) is 0 Å². The maximum atomic E-state index is 5.53. The molecule has 0 aliphatic carbocycles. The second-order valence-electron chi connectivity index (χ2n) is 16.8. The Bertz CT molecular complexity index is 2550. The van der Waals surface area contributed by atoms with Crippen molar-refractivity contribution in [3.8, 4) is 44.5 Å². The van der Waals surface area contributed by atoms with Crippen LogP contribution in [0.25, 0.3) is 90.9 Å². The van der Waals surface area contributed by atoms with Gasteiger partial charge < -0.3 is 9.97 Å². The molecule has 0 unspecified atom stereocenters. The van der Waals surface area contributed by atoms with Crippen LogP contribution in [0.1, 0.15) is 22.8 Å². The fourth-order valence-corrected chi connectivity index (χ4v) is 11.6. The Morgan fingerprint density at radius 3 is 0.667 bits per heavy atom. The third-order valence-electron chi connectivity index (χ3n) is 11.8. The fourth-order valence-electron chi connectivity index (χ4n) is 8.30. The second kappa shape index (κ2) is 16.4. The Morgan fingerprint density at radius 2 is 0.483 bits per heavy atom. The van der Waals surface area contributed by atoms with E-state index in [1.165, 1.54) is 20.7 Å². The zero-order valence-electron chi connectivity index (χ0n) is 35.8. The summed E-state index contributed by atoms with van der Waals surface area (Å²) >= 11 is 0. The maximum Gasteiger partial charge on any atom is 0.0791 e. The van der Waals surface area contributed by atoms with Gasteiger partial charge in [-0.1, -0.05) is 170 Å². The van der Waals surface area contributed by atoms with E-state index in [4.69, 9.17) is 9.97 Å². The number of hydrogen-bond donors (Lipinski definition) is 2. The minimum atomic E-state index is -0.596. The third-order valence-corrected chi connectivity index (χ3v) is 17.7. The van der Waals surface area contributed by atoms with E-state index in [0.29, 0.717) is 0 Å². The van der Waals surface area contributed by atoms with Crippen LogP contribution in [0.2, 0.25) is 52.4 Å². The van der Waals surface area contributed by atoms with Crippen molar-refractivity contribution < 1.29 is 0 Å². The molecule has 4 aromatic carbocycles. The number of rotatable bonds is 8. The van der Waals surface area contributed by atoms with Crippen molar-refractivity contribution in [1.82, 2.24) is 19.9 Å². The summed E-state index contributed by atoms with van der Waals surface area (Å²) in [7, 11) is -2.38. The molecule has 0 atom stereocenters. The van der Waals surface area contributed by atoms with Gasteiger partial charge in [0.05, 0.1) is 58.0 Å². The number of benzene rings is 4. The highest BCUT2D eigenvalue weighted by molar-refractivity contribution is 6.71. The van der Waals surface area contributed by atoms with Crippen molar-refractivity contribution in [1.29, 1.82) is 0 Å². The van der Waals surface area contributed by atoms with E-state index in [1.54, 1.807) is 0 Å². The Hall–Kier alpha value is -5.65. The van der Waals surface area contributed by atoms with Crippen molar-refractivity contribution in [2.24, 2.45) is 0 Å². The molecule has 2 aliphatic rings. The first kappa shape index (κ1) is 39.8. The largest absolute Gasteiger partial charge is 0.354 e. The highest BCUT2D eigenvalue weighted by Crippen LogP contribution is 2.38. The Morgan fingerprint density at radius 1 is 0.283 bits per heavy atom. The first-order valence-electron chi connectivity index (χ1n) is 20.8. The van der Waals surface area contributed by atoms with Gasteiger partial charge in [0, 0.05) is 44.3 Å². The van der Waals surface area contributed by atoms with Gasteiger partial charge >= 0.3 is 0 Å². The standard InChI is InChI=1S/C52H50N4Si4/c1-57(2)37-17-9-33(10-18-37)49-41-25-27-43(53-41)50(34-11-19-38(20-12-34)58(3)4)45-29-31-47(55-45)52(36-15-23-40(24-16-36)60(7)8)48-32-30-46(56-48)51(44-28-26-42(49)54-44)35-13-21-39(22-14-35)59(5)6/h9-32,53,56H,1-8H3. The van der Waals surface area contributed by atoms with Crippen LogP contribution >= 0.6 is 0 Å². The molecule has 60 heavy (non-hydrogen) atoms. The van der Waals surface area contributed by atoms with E-state index in [0.717, 1.165) is 89.4 Å². The topological polar surface area (TPSA) is 57.4 Å². The lowest BCUT2D eigenvalue weighted by Crippen LogP contribution is -2.21. The summed E-state index contributed by atoms with van der Waals surface area (Å²) in [6.07, 6.45) is 8.79. The zero-order valence-corrected chi connectivity index (χ0v) is 39.8. The molecular formula is C52H50N4Si4. The lowest BCUT2D eigenvalue weighted by Gasteiger charge is -2.10. The zero-order chi connectivity index (χ0) is 41.7. The first-order valence-corrected chi connectivity index (χ1v) is 30.8. The summed E-state index contributed by atoms with van der Waals surface area (Å²) in [6, 6.07) is 45.6. The molecule has 8 bridgehead atoms. The van der Waals surface area contributed by atoms with E-state index >= 15 is 0 Å². The van der Waals surface area contributed by atoms with Crippen LogP contribution in [-0.2, 0) is 0 Å². The van der Waals surface area contributed by atoms with Crippen molar-refractivity contribution in [2.75, 3.05) is 0 Å². The summed E-state index contributed by atoms with van der Waals surface area (Å²) in [4.78, 5) is 18.9. The van der Waals surface area contributed by atoms with Gasteiger partial charge in [0.1, 0.15) is 0 Å². The van der Waals surface area contributed by atoms with Crippen LogP contribution in [-0.4, -0.2) is 55.1 Å². The molecule has 0 amide bonds. The summed E-state index contributed by atoms with van der Waals surface area (Å²) < 4.78 is 0. The predicted octanol–water partition coefficient (Wildman–Crippen LogP) is 11.2. The van der Waals surface area contributed by atoms with E-state index < -0.39 is 35.2 Å². The van der Waals surface area contributed by atoms with Crippen LogP contribution in [0.4, 0.5) is 0 Å². The summed E-state index contributed by atoms with van der Waals surface area (Å²) in [5.41, 5.74) is 16.7. The molecule has 2 aliphatic heterocycles. The second-order valence-corrected chi connectivity index (χ2v) is 27.1. The molecular weight excluding hydrogens is 793 g/mol. The van der Waals surface area contributed by atoms with Crippen molar-refractivity contribution in [3.63, 3.8) is 0 Å². The predicted molar refractivity (Wildman–Crippen MR) is 269 cm³/mol. The number of nitrogens with one attached hydrogen (secondary N) is 2. The molecule has 0 saturated carbocycles. The van der Waals surface area contributed by atoms with Crippen LogP contribution in [0, 0.1) is 0 Å². The Kier molecular flexibility index (Phi) is 10.9. The Labute approximate surface area is 361 Å². The molecule has 0 fully saturated rings. The van der Waals surface area contributed by atoms with Gasteiger partial charge in [0.2, 0.25) is 0 Å². The van der Waals surface area contributed by atoms with Gasteiger partial charge in [-0.05, 0) is 70.8 Å². The Balaban J connectivity index is 1.42. The molecule has 0 saturated heterocycles. The minimum Gasteiger partial charge on any atom is -0.354 e. The van der Waals surface area contributed by atoms with E-state index in [2.05, 4.69) is 208 Å². The van der Waals surface area contributed by atoms with Crippen LogP contribution in [0.5, 0.6) is 0 Å². The molecule has 3 aromatic heterocycles. The van der Waals surface area contributed by atoms with E-state index in [9.17, 15) is 0 Å². The molecule has 0 spiro atoms. The number of nitrogens with zero attached hydrogens (tertiary/aromatic N) is 2. The van der Waals surface area contributed by atoms with Crippen LogP contribution in [0.3, 0.4) is 0 Å². The fraction of sp³-hybridized carbons (Fsp3) is 0.154. The molecule has 294 valence electrons. The minimum absolute atomic E-state index is 0.596.